The molecule has 5 nitrogen and oxygen atoms in total. The van der Waals surface area contributed by atoms with Crippen LogP contribution in [-0.4, -0.2) is 22.1 Å². The van der Waals surface area contributed by atoms with Gasteiger partial charge in [0, 0.05) is 16.6 Å². The summed E-state index contributed by atoms with van der Waals surface area (Å²) in [5.74, 6) is 1.68. The van der Waals surface area contributed by atoms with E-state index < -0.39 is 0 Å². The molecular formula is C27H28BrN3O2. The number of rotatable bonds is 8. The van der Waals surface area contributed by atoms with Crippen LogP contribution in [0.15, 0.2) is 71.2 Å². The van der Waals surface area contributed by atoms with Crippen molar-refractivity contribution in [1.29, 1.82) is 0 Å². The number of benzene rings is 3. The molecule has 1 heterocycles. The molecule has 0 aliphatic heterocycles. The average Bonchev–Trinajstić information content (AvgIpc) is 3.17. The van der Waals surface area contributed by atoms with Gasteiger partial charge in [0.05, 0.1) is 23.7 Å². The summed E-state index contributed by atoms with van der Waals surface area (Å²) in [4.78, 5) is 17.6. The molecule has 1 aromatic heterocycles. The molecule has 0 aliphatic rings. The highest BCUT2D eigenvalue weighted by molar-refractivity contribution is 9.10. The summed E-state index contributed by atoms with van der Waals surface area (Å²) >= 11 is 3.41. The van der Waals surface area contributed by atoms with E-state index in [1.165, 1.54) is 0 Å². The van der Waals surface area contributed by atoms with Crippen LogP contribution < -0.4 is 10.1 Å². The summed E-state index contributed by atoms with van der Waals surface area (Å²) < 4.78 is 9.24. The smallest absolute Gasteiger partial charge is 0.251 e. The van der Waals surface area contributed by atoms with Crippen LogP contribution in [0, 0.1) is 13.8 Å². The van der Waals surface area contributed by atoms with Gasteiger partial charge in [-0.2, -0.15) is 0 Å². The van der Waals surface area contributed by atoms with E-state index in [2.05, 4.69) is 57.9 Å². The SMILES string of the molecule is Cc1cccc(C)c1OCCCn1c(C(C)NC(=O)c2ccc(Br)cc2)nc2ccccc21. The molecule has 33 heavy (non-hydrogen) atoms. The number of fused-ring (bicyclic) bond motifs is 1. The monoisotopic (exact) mass is 505 g/mol. The lowest BCUT2D eigenvalue weighted by Gasteiger charge is -2.17. The van der Waals surface area contributed by atoms with Crippen molar-refractivity contribution in [2.45, 2.75) is 39.8 Å². The number of aromatic nitrogens is 2. The maximum Gasteiger partial charge on any atom is 0.251 e. The maximum absolute atomic E-state index is 12.8. The van der Waals surface area contributed by atoms with Gasteiger partial charge in [-0.3, -0.25) is 4.79 Å². The normalized spacial score (nSPS) is 12.0. The number of imidazole rings is 1. The Morgan fingerprint density at radius 2 is 1.73 bits per heavy atom. The molecule has 0 saturated heterocycles. The highest BCUT2D eigenvalue weighted by atomic mass is 79.9. The number of hydrogen-bond donors (Lipinski definition) is 1. The Hall–Kier alpha value is -3.12. The van der Waals surface area contributed by atoms with Crippen molar-refractivity contribution in [1.82, 2.24) is 14.9 Å². The molecule has 1 atom stereocenters. The quantitative estimate of drug-likeness (QED) is 0.283. The zero-order valence-electron chi connectivity index (χ0n) is 19.1. The average molecular weight is 506 g/mol. The molecule has 0 radical (unpaired) electrons. The standard InChI is InChI=1S/C27H28BrN3O2/c1-18-8-6-9-19(2)25(18)33-17-7-16-31-24-11-5-4-10-23(24)30-26(31)20(3)29-27(32)21-12-14-22(28)15-13-21/h4-6,8-15,20H,7,16-17H2,1-3H3,(H,29,32). The summed E-state index contributed by atoms with van der Waals surface area (Å²) in [7, 11) is 0. The molecule has 0 fully saturated rings. The predicted molar refractivity (Wildman–Crippen MR) is 136 cm³/mol. The first-order chi connectivity index (χ1) is 15.9. The third-order valence-electron chi connectivity index (χ3n) is 5.71. The van der Waals surface area contributed by atoms with Gasteiger partial charge in [-0.05, 0) is 74.7 Å². The van der Waals surface area contributed by atoms with Gasteiger partial charge in [-0.1, -0.05) is 46.3 Å². The Bertz CT molecular complexity index is 1240. The van der Waals surface area contributed by atoms with Gasteiger partial charge >= 0.3 is 0 Å². The molecule has 1 unspecified atom stereocenters. The van der Waals surface area contributed by atoms with E-state index in [0.29, 0.717) is 12.2 Å². The van der Waals surface area contributed by atoms with Gasteiger partial charge < -0.3 is 14.6 Å². The molecule has 3 aromatic carbocycles. The number of ether oxygens (including phenoxy) is 1. The van der Waals surface area contributed by atoms with Crippen molar-refractivity contribution >= 4 is 32.9 Å². The van der Waals surface area contributed by atoms with Gasteiger partial charge in [-0.15, -0.1) is 0 Å². The fourth-order valence-electron chi connectivity index (χ4n) is 4.03. The zero-order chi connectivity index (χ0) is 23.4. The van der Waals surface area contributed by atoms with Crippen LogP contribution in [0.2, 0.25) is 0 Å². The number of carbonyl (C=O) groups excluding carboxylic acids is 1. The topological polar surface area (TPSA) is 56.1 Å². The minimum absolute atomic E-state index is 0.119. The first-order valence-electron chi connectivity index (χ1n) is 11.1. The van der Waals surface area contributed by atoms with Gasteiger partial charge in [0.1, 0.15) is 11.6 Å². The van der Waals surface area contributed by atoms with Crippen molar-refractivity contribution in [3.05, 3.63) is 93.7 Å². The second-order valence-electron chi connectivity index (χ2n) is 8.24. The third kappa shape index (κ3) is 5.28. The van der Waals surface area contributed by atoms with E-state index in [-0.39, 0.29) is 11.9 Å². The summed E-state index contributed by atoms with van der Waals surface area (Å²) in [6.45, 7) is 7.47. The van der Waals surface area contributed by atoms with Gasteiger partial charge in [0.25, 0.3) is 5.91 Å². The van der Waals surface area contributed by atoms with Crippen molar-refractivity contribution in [2.24, 2.45) is 0 Å². The van der Waals surface area contributed by atoms with Gasteiger partial charge in [-0.25, -0.2) is 4.98 Å². The molecule has 0 aliphatic carbocycles. The molecule has 0 saturated carbocycles. The lowest BCUT2D eigenvalue weighted by Crippen LogP contribution is -2.28. The molecule has 4 aromatic rings. The van der Waals surface area contributed by atoms with Crippen molar-refractivity contribution in [3.63, 3.8) is 0 Å². The number of nitrogens with one attached hydrogen (secondary N) is 1. The Balaban J connectivity index is 1.49. The first-order valence-corrected chi connectivity index (χ1v) is 11.9. The van der Waals surface area contributed by atoms with Crippen molar-refractivity contribution < 1.29 is 9.53 Å². The largest absolute Gasteiger partial charge is 0.493 e. The fraction of sp³-hybridized carbons (Fsp3) is 0.259. The van der Waals surface area contributed by atoms with Gasteiger partial charge in [0.2, 0.25) is 0 Å². The van der Waals surface area contributed by atoms with Crippen molar-refractivity contribution in [3.8, 4) is 5.75 Å². The van der Waals surface area contributed by atoms with Crippen LogP contribution in [0.25, 0.3) is 11.0 Å². The van der Waals surface area contributed by atoms with E-state index in [1.54, 1.807) is 12.1 Å². The van der Waals surface area contributed by atoms with E-state index in [1.807, 2.05) is 43.3 Å². The van der Waals surface area contributed by atoms with Gasteiger partial charge in [0.15, 0.2) is 0 Å². The number of halogens is 1. The Kier molecular flexibility index (Phi) is 7.14. The predicted octanol–water partition coefficient (Wildman–Crippen LogP) is 6.38. The van der Waals surface area contributed by atoms with Crippen LogP contribution in [0.5, 0.6) is 5.75 Å². The van der Waals surface area contributed by atoms with Crippen LogP contribution in [0.3, 0.4) is 0 Å². The van der Waals surface area contributed by atoms with E-state index >= 15 is 0 Å². The molecular weight excluding hydrogens is 478 g/mol. The van der Waals surface area contributed by atoms with Crippen LogP contribution in [0.4, 0.5) is 0 Å². The van der Waals surface area contributed by atoms with E-state index in [0.717, 1.165) is 51.2 Å². The number of carbonyl (C=O) groups is 1. The Morgan fingerprint density at radius 3 is 2.45 bits per heavy atom. The zero-order valence-corrected chi connectivity index (χ0v) is 20.7. The molecule has 0 bridgehead atoms. The van der Waals surface area contributed by atoms with E-state index in [9.17, 15) is 4.79 Å². The highest BCUT2D eigenvalue weighted by Crippen LogP contribution is 2.24. The van der Waals surface area contributed by atoms with Crippen LogP contribution in [0.1, 0.15) is 46.7 Å². The second-order valence-corrected chi connectivity index (χ2v) is 9.15. The van der Waals surface area contributed by atoms with Crippen LogP contribution in [-0.2, 0) is 6.54 Å². The Labute approximate surface area is 202 Å². The molecule has 0 spiro atoms. The third-order valence-corrected chi connectivity index (χ3v) is 6.24. The summed E-state index contributed by atoms with van der Waals surface area (Å²) in [5, 5.41) is 3.10. The molecule has 1 amide bonds. The Morgan fingerprint density at radius 1 is 1.03 bits per heavy atom. The van der Waals surface area contributed by atoms with Crippen LogP contribution >= 0.6 is 15.9 Å². The fourth-order valence-corrected chi connectivity index (χ4v) is 4.29. The first kappa shape index (κ1) is 23.1. The summed E-state index contributed by atoms with van der Waals surface area (Å²) in [5.41, 5.74) is 4.90. The molecule has 4 rings (SSSR count). The maximum atomic E-state index is 12.8. The minimum Gasteiger partial charge on any atom is -0.493 e. The molecule has 6 heteroatoms. The van der Waals surface area contributed by atoms with E-state index in [4.69, 9.17) is 9.72 Å². The second kappa shape index (κ2) is 10.2. The molecule has 170 valence electrons. The lowest BCUT2D eigenvalue weighted by molar-refractivity contribution is 0.0937. The minimum atomic E-state index is -0.243. The summed E-state index contributed by atoms with van der Waals surface area (Å²) in [6.07, 6.45) is 0.828. The number of aryl methyl sites for hydroxylation is 3. The molecule has 1 N–H and O–H groups in total. The van der Waals surface area contributed by atoms with Crippen molar-refractivity contribution in [2.75, 3.05) is 6.61 Å². The number of hydrogen-bond acceptors (Lipinski definition) is 3. The summed E-state index contributed by atoms with van der Waals surface area (Å²) in [6, 6.07) is 21.4. The number of para-hydroxylation sites is 3. The lowest BCUT2D eigenvalue weighted by atomic mass is 10.1. The number of amides is 1. The number of nitrogens with zero attached hydrogens (tertiary/aromatic N) is 2. The highest BCUT2D eigenvalue weighted by Gasteiger charge is 2.19.